The Morgan fingerprint density at radius 3 is 1.89 bits per heavy atom. The van der Waals surface area contributed by atoms with Gasteiger partial charge >= 0.3 is 5.97 Å². The van der Waals surface area contributed by atoms with Crippen molar-refractivity contribution in [3.8, 4) is 11.5 Å². The first-order valence-electron chi connectivity index (χ1n) is 9.82. The molecule has 0 atom stereocenters. The monoisotopic (exact) mass is 386 g/mol. The summed E-state index contributed by atoms with van der Waals surface area (Å²) in [4.78, 5) is 10.6. The van der Waals surface area contributed by atoms with Crippen LogP contribution in [0.1, 0.15) is 49.1 Å². The molecular weight excluding hydrogens is 356 g/mol. The number of aliphatic carboxylic acids is 1. The van der Waals surface area contributed by atoms with Gasteiger partial charge in [-0.15, -0.1) is 0 Å². The fraction of sp³-hybridized carbons (Fsp3) is 0.435. The first kappa shape index (κ1) is 21.8. The number of carboxylic acid groups (broad SMARTS) is 1. The van der Waals surface area contributed by atoms with Crippen molar-refractivity contribution < 1.29 is 24.5 Å². The van der Waals surface area contributed by atoms with Crippen molar-refractivity contribution >= 4 is 5.97 Å². The van der Waals surface area contributed by atoms with E-state index in [1.165, 1.54) is 31.2 Å². The number of benzene rings is 2. The maximum absolute atomic E-state index is 10.6. The summed E-state index contributed by atoms with van der Waals surface area (Å²) in [6.45, 7) is 0.961. The van der Waals surface area contributed by atoms with Gasteiger partial charge in [0, 0.05) is 13.5 Å². The molecule has 0 amide bonds. The first-order chi connectivity index (χ1) is 13.7. The second kappa shape index (κ2) is 12.0. The molecule has 3 rings (SSSR count). The molecule has 0 aliphatic heterocycles. The van der Waals surface area contributed by atoms with Crippen molar-refractivity contribution in [2.75, 3.05) is 20.3 Å². The van der Waals surface area contributed by atoms with E-state index in [-0.39, 0.29) is 6.42 Å². The van der Waals surface area contributed by atoms with E-state index in [0.29, 0.717) is 19.6 Å². The van der Waals surface area contributed by atoms with Crippen molar-refractivity contribution in [1.29, 1.82) is 0 Å². The Labute approximate surface area is 166 Å². The predicted octanol–water partition coefficient (Wildman–Crippen LogP) is 4.43. The van der Waals surface area contributed by atoms with E-state index in [1.54, 1.807) is 0 Å². The van der Waals surface area contributed by atoms with Crippen molar-refractivity contribution in [1.82, 2.24) is 0 Å². The van der Waals surface area contributed by atoms with Crippen LogP contribution >= 0.6 is 0 Å². The summed E-state index contributed by atoms with van der Waals surface area (Å²) in [5.41, 5.74) is 2.42. The van der Waals surface area contributed by atoms with E-state index >= 15 is 0 Å². The Bertz CT molecular complexity index is 688. The molecule has 152 valence electrons. The molecule has 0 bridgehead atoms. The highest BCUT2D eigenvalue weighted by molar-refractivity contribution is 5.67. The summed E-state index contributed by atoms with van der Waals surface area (Å²) in [5.74, 6) is 1.59. The molecule has 0 aromatic heterocycles. The number of hydrogen-bond acceptors (Lipinski definition) is 4. The lowest BCUT2D eigenvalue weighted by Crippen LogP contribution is -2.09. The second-order valence-electron chi connectivity index (χ2n) is 6.79. The van der Waals surface area contributed by atoms with Crippen LogP contribution in [0.15, 0.2) is 48.5 Å². The zero-order valence-corrected chi connectivity index (χ0v) is 16.5. The zero-order valence-electron chi connectivity index (χ0n) is 16.5. The highest BCUT2D eigenvalue weighted by Crippen LogP contribution is 2.34. The summed E-state index contributed by atoms with van der Waals surface area (Å²) in [6.07, 6.45) is 6.00. The Morgan fingerprint density at radius 1 is 0.893 bits per heavy atom. The smallest absolute Gasteiger partial charge is 0.303 e. The van der Waals surface area contributed by atoms with Gasteiger partial charge in [-0.1, -0.05) is 37.1 Å². The van der Waals surface area contributed by atoms with Gasteiger partial charge in [-0.2, -0.15) is 0 Å². The van der Waals surface area contributed by atoms with Crippen molar-refractivity contribution in [3.05, 3.63) is 59.7 Å². The average Bonchev–Trinajstić information content (AvgIpc) is 3.27. The van der Waals surface area contributed by atoms with E-state index < -0.39 is 5.97 Å². The number of ether oxygens (including phenoxy) is 2. The Morgan fingerprint density at radius 2 is 1.39 bits per heavy atom. The fourth-order valence-corrected chi connectivity index (χ4v) is 3.42. The molecule has 1 aliphatic carbocycles. The van der Waals surface area contributed by atoms with E-state index in [9.17, 15) is 4.79 Å². The van der Waals surface area contributed by atoms with Crippen LogP contribution < -0.4 is 9.47 Å². The molecule has 0 saturated heterocycles. The molecule has 1 saturated carbocycles. The number of rotatable bonds is 9. The summed E-state index contributed by atoms with van der Waals surface area (Å²) in [6, 6.07) is 16.0. The van der Waals surface area contributed by atoms with E-state index in [1.807, 2.05) is 36.4 Å². The van der Waals surface area contributed by atoms with E-state index in [4.69, 9.17) is 19.7 Å². The van der Waals surface area contributed by atoms with Gasteiger partial charge in [-0.25, -0.2) is 0 Å². The van der Waals surface area contributed by atoms with Gasteiger partial charge in [0.05, 0.1) is 0 Å². The standard InChI is InChI=1S/C22H26O4.CH4O/c23-22(24)14-7-17-5-10-20(11-6-17)25-15-16-26-21-12-8-19(9-13-21)18-3-1-2-4-18;1-2/h5-6,8-13,18H,1-4,7,14-16H2,(H,23,24);2H,1H3. The topological polar surface area (TPSA) is 76.0 Å². The first-order valence-corrected chi connectivity index (χ1v) is 9.82. The molecule has 2 aromatic rings. The van der Waals surface area contributed by atoms with Gasteiger partial charge < -0.3 is 19.7 Å². The minimum atomic E-state index is -0.779. The van der Waals surface area contributed by atoms with Crippen molar-refractivity contribution in [2.24, 2.45) is 0 Å². The average molecular weight is 386 g/mol. The molecule has 5 nitrogen and oxygen atoms in total. The third-order valence-corrected chi connectivity index (χ3v) is 4.88. The molecule has 1 fully saturated rings. The van der Waals surface area contributed by atoms with Crippen molar-refractivity contribution in [3.63, 3.8) is 0 Å². The van der Waals surface area contributed by atoms with E-state index in [2.05, 4.69) is 12.1 Å². The molecule has 2 aromatic carbocycles. The summed E-state index contributed by atoms with van der Waals surface area (Å²) in [5, 5.41) is 15.7. The zero-order chi connectivity index (χ0) is 20.2. The van der Waals surface area contributed by atoms with Gasteiger partial charge in [0.25, 0.3) is 0 Å². The summed E-state index contributed by atoms with van der Waals surface area (Å²) >= 11 is 0. The minimum Gasteiger partial charge on any atom is -0.490 e. The van der Waals surface area contributed by atoms with Gasteiger partial charge in [0.15, 0.2) is 0 Å². The minimum absolute atomic E-state index is 0.146. The third kappa shape index (κ3) is 7.24. The van der Waals surface area contributed by atoms with Crippen LogP contribution in [-0.2, 0) is 11.2 Å². The van der Waals surface area contributed by atoms with Crippen LogP contribution in [0.5, 0.6) is 11.5 Å². The van der Waals surface area contributed by atoms with Crippen LogP contribution in [-0.4, -0.2) is 36.5 Å². The van der Waals surface area contributed by atoms with Gasteiger partial charge in [0.2, 0.25) is 0 Å². The Kier molecular flexibility index (Phi) is 9.35. The highest BCUT2D eigenvalue weighted by atomic mass is 16.5. The van der Waals surface area contributed by atoms with Gasteiger partial charge in [-0.3, -0.25) is 4.79 Å². The second-order valence-corrected chi connectivity index (χ2v) is 6.79. The third-order valence-electron chi connectivity index (χ3n) is 4.88. The number of hydrogen-bond donors (Lipinski definition) is 2. The van der Waals surface area contributed by atoms with Gasteiger partial charge in [0.1, 0.15) is 24.7 Å². The largest absolute Gasteiger partial charge is 0.490 e. The number of carboxylic acids is 1. The Balaban J connectivity index is 0.00000136. The Hall–Kier alpha value is -2.53. The van der Waals surface area contributed by atoms with Crippen LogP contribution in [0.4, 0.5) is 0 Å². The number of aliphatic hydroxyl groups is 1. The SMILES string of the molecule is CO.O=C(O)CCc1ccc(OCCOc2ccc(C3CCCC3)cc2)cc1. The summed E-state index contributed by atoms with van der Waals surface area (Å²) < 4.78 is 11.4. The molecule has 0 radical (unpaired) electrons. The maximum Gasteiger partial charge on any atom is 0.303 e. The molecule has 28 heavy (non-hydrogen) atoms. The lowest BCUT2D eigenvalue weighted by molar-refractivity contribution is -0.136. The predicted molar refractivity (Wildman–Crippen MR) is 109 cm³/mol. The molecular formula is C23H30O5. The molecule has 0 unspecified atom stereocenters. The molecule has 1 aliphatic rings. The van der Waals surface area contributed by atoms with Crippen LogP contribution in [0.2, 0.25) is 0 Å². The molecule has 2 N–H and O–H groups in total. The lowest BCUT2D eigenvalue weighted by Gasteiger charge is -2.12. The fourth-order valence-electron chi connectivity index (χ4n) is 3.42. The number of carbonyl (C=O) groups is 1. The van der Waals surface area contributed by atoms with Crippen LogP contribution in [0.3, 0.4) is 0 Å². The van der Waals surface area contributed by atoms with Crippen molar-refractivity contribution in [2.45, 2.75) is 44.4 Å². The maximum atomic E-state index is 10.6. The number of aryl methyl sites for hydroxylation is 1. The quantitative estimate of drug-likeness (QED) is 0.624. The summed E-state index contributed by atoms with van der Waals surface area (Å²) in [7, 11) is 1.00. The molecule has 0 heterocycles. The lowest BCUT2D eigenvalue weighted by atomic mass is 9.98. The number of aliphatic hydroxyl groups excluding tert-OH is 1. The van der Waals surface area contributed by atoms with Crippen LogP contribution in [0.25, 0.3) is 0 Å². The van der Waals surface area contributed by atoms with Crippen LogP contribution in [0, 0.1) is 0 Å². The highest BCUT2D eigenvalue weighted by Gasteiger charge is 2.16. The normalized spacial score (nSPS) is 13.5. The van der Waals surface area contributed by atoms with E-state index in [0.717, 1.165) is 30.1 Å². The molecule has 5 heteroatoms. The van der Waals surface area contributed by atoms with Gasteiger partial charge in [-0.05, 0) is 60.6 Å². The molecule has 0 spiro atoms.